The summed E-state index contributed by atoms with van der Waals surface area (Å²) < 4.78 is 14.2. The molecule has 0 spiro atoms. The van der Waals surface area contributed by atoms with Crippen molar-refractivity contribution in [1.82, 2.24) is 0 Å². The second-order valence-corrected chi connectivity index (χ2v) is 5.69. The van der Waals surface area contributed by atoms with E-state index in [4.69, 9.17) is 0 Å². The average molecular weight is 278 g/mol. The highest BCUT2D eigenvalue weighted by atomic mass is 19.1. The van der Waals surface area contributed by atoms with Crippen LogP contribution in [0.15, 0.2) is 48.5 Å². The van der Waals surface area contributed by atoms with E-state index in [1.54, 1.807) is 6.07 Å². The van der Waals surface area contributed by atoms with E-state index >= 15 is 0 Å². The van der Waals surface area contributed by atoms with Crippen molar-refractivity contribution in [2.24, 2.45) is 0 Å². The highest BCUT2D eigenvalue weighted by Gasteiger charge is 2.16. The molecule has 21 heavy (non-hydrogen) atoms. The quantitative estimate of drug-likeness (QED) is 0.623. The second-order valence-electron chi connectivity index (χ2n) is 5.69. The molecule has 1 aliphatic carbocycles. The van der Waals surface area contributed by atoms with Gasteiger partial charge in [-0.2, -0.15) is 0 Å². The molecular weight excluding hydrogens is 259 g/mol. The summed E-state index contributed by atoms with van der Waals surface area (Å²) in [4.78, 5) is 0. The zero-order valence-corrected chi connectivity index (χ0v) is 12.1. The molecule has 0 aromatic heterocycles. The zero-order chi connectivity index (χ0) is 14.5. The molecule has 0 heterocycles. The fourth-order valence-electron chi connectivity index (χ4n) is 2.98. The Kier molecular flexibility index (Phi) is 4.36. The Morgan fingerprint density at radius 2 is 1.62 bits per heavy atom. The monoisotopic (exact) mass is 278 g/mol. The third-order valence-electron chi connectivity index (χ3n) is 4.19. The van der Waals surface area contributed by atoms with Crippen LogP contribution in [0.1, 0.15) is 54.7 Å². The number of hydrogen-bond acceptors (Lipinski definition) is 0. The molecule has 2 aromatic rings. The van der Waals surface area contributed by atoms with Crippen molar-refractivity contribution < 1.29 is 4.39 Å². The van der Waals surface area contributed by atoms with E-state index in [1.165, 1.54) is 32.1 Å². The Labute approximate surface area is 126 Å². The van der Waals surface area contributed by atoms with E-state index in [2.05, 4.69) is 11.8 Å². The van der Waals surface area contributed by atoms with E-state index in [9.17, 15) is 4.39 Å². The normalized spacial score (nSPS) is 15.3. The van der Waals surface area contributed by atoms with Crippen LogP contribution in [0.25, 0.3) is 0 Å². The van der Waals surface area contributed by atoms with Gasteiger partial charge in [0, 0.05) is 5.56 Å². The van der Waals surface area contributed by atoms with E-state index in [-0.39, 0.29) is 5.82 Å². The smallest absolute Gasteiger partial charge is 0.139 e. The Morgan fingerprint density at radius 3 is 2.33 bits per heavy atom. The number of hydrogen-bond donors (Lipinski definition) is 0. The molecule has 3 rings (SSSR count). The third-order valence-corrected chi connectivity index (χ3v) is 4.19. The van der Waals surface area contributed by atoms with E-state index in [0.717, 1.165) is 11.1 Å². The summed E-state index contributed by atoms with van der Waals surface area (Å²) in [6.45, 7) is 0. The second kappa shape index (κ2) is 6.59. The molecule has 0 N–H and O–H groups in total. The lowest BCUT2D eigenvalue weighted by molar-refractivity contribution is 0.442. The fourth-order valence-corrected chi connectivity index (χ4v) is 2.98. The van der Waals surface area contributed by atoms with Gasteiger partial charge in [-0.25, -0.2) is 4.39 Å². The van der Waals surface area contributed by atoms with Crippen molar-refractivity contribution in [3.8, 4) is 11.8 Å². The van der Waals surface area contributed by atoms with Crippen LogP contribution in [0.5, 0.6) is 0 Å². The Bertz CT molecular complexity index is 655. The summed E-state index contributed by atoms with van der Waals surface area (Å²) in [6, 6.07) is 15.3. The fraction of sp³-hybridized carbons (Fsp3) is 0.300. The summed E-state index contributed by atoms with van der Waals surface area (Å²) in [7, 11) is 0. The molecule has 0 bridgehead atoms. The standard InChI is InChI=1S/C20H19F/c21-20-15-19(17-9-5-2-6-10-17)14-13-18(20)12-11-16-7-3-1-4-8-16/h1,3-4,7-8,13-15,17H,2,5-6,9-10H2. The van der Waals surface area contributed by atoms with Gasteiger partial charge in [0.15, 0.2) is 0 Å². The molecule has 0 saturated heterocycles. The van der Waals surface area contributed by atoms with Gasteiger partial charge < -0.3 is 0 Å². The SMILES string of the molecule is Fc1cc(C2CCCCC2)ccc1C#Cc1ccccc1. The maximum Gasteiger partial charge on any atom is 0.139 e. The van der Waals surface area contributed by atoms with Crippen LogP contribution in [-0.4, -0.2) is 0 Å². The Balaban J connectivity index is 1.80. The lowest BCUT2D eigenvalue weighted by atomic mass is 9.84. The zero-order valence-electron chi connectivity index (χ0n) is 12.1. The van der Waals surface area contributed by atoms with Gasteiger partial charge in [-0.1, -0.05) is 55.4 Å². The minimum absolute atomic E-state index is 0.193. The molecule has 2 aromatic carbocycles. The summed E-state index contributed by atoms with van der Waals surface area (Å²) in [5.74, 6) is 6.28. The van der Waals surface area contributed by atoms with E-state index in [1.807, 2.05) is 42.5 Å². The molecule has 1 aliphatic rings. The van der Waals surface area contributed by atoms with Gasteiger partial charge in [-0.05, 0) is 48.6 Å². The number of benzene rings is 2. The van der Waals surface area contributed by atoms with Crippen molar-refractivity contribution in [3.05, 3.63) is 71.0 Å². The van der Waals surface area contributed by atoms with E-state index in [0.29, 0.717) is 11.5 Å². The van der Waals surface area contributed by atoms with Crippen molar-refractivity contribution in [3.63, 3.8) is 0 Å². The van der Waals surface area contributed by atoms with Crippen LogP contribution in [0.3, 0.4) is 0 Å². The largest absolute Gasteiger partial charge is 0.206 e. The van der Waals surface area contributed by atoms with Gasteiger partial charge in [0.05, 0.1) is 5.56 Å². The summed E-state index contributed by atoms with van der Waals surface area (Å²) in [6.07, 6.45) is 6.23. The van der Waals surface area contributed by atoms with Gasteiger partial charge in [0.2, 0.25) is 0 Å². The molecular formula is C20H19F. The van der Waals surface area contributed by atoms with Gasteiger partial charge in [-0.15, -0.1) is 0 Å². The number of halogens is 1. The predicted octanol–water partition coefficient (Wildman–Crippen LogP) is 5.27. The summed E-state index contributed by atoms with van der Waals surface area (Å²) >= 11 is 0. The minimum atomic E-state index is -0.193. The minimum Gasteiger partial charge on any atom is -0.206 e. The van der Waals surface area contributed by atoms with Crippen LogP contribution in [-0.2, 0) is 0 Å². The predicted molar refractivity (Wildman–Crippen MR) is 84.6 cm³/mol. The highest BCUT2D eigenvalue weighted by Crippen LogP contribution is 2.33. The molecule has 0 nitrogen and oxygen atoms in total. The molecule has 106 valence electrons. The van der Waals surface area contributed by atoms with Crippen LogP contribution in [0.4, 0.5) is 4.39 Å². The van der Waals surface area contributed by atoms with Gasteiger partial charge in [-0.3, -0.25) is 0 Å². The van der Waals surface area contributed by atoms with E-state index < -0.39 is 0 Å². The molecule has 0 unspecified atom stereocenters. The number of rotatable bonds is 1. The molecule has 0 amide bonds. The first kappa shape index (κ1) is 13.9. The maximum atomic E-state index is 14.2. The average Bonchev–Trinajstić information content (AvgIpc) is 2.55. The van der Waals surface area contributed by atoms with Gasteiger partial charge in [0.1, 0.15) is 5.82 Å². The highest BCUT2D eigenvalue weighted by molar-refractivity contribution is 5.44. The first-order valence-electron chi connectivity index (χ1n) is 7.69. The van der Waals surface area contributed by atoms with Crippen LogP contribution < -0.4 is 0 Å². The molecule has 1 saturated carbocycles. The molecule has 0 radical (unpaired) electrons. The maximum absolute atomic E-state index is 14.2. The van der Waals surface area contributed by atoms with Crippen molar-refractivity contribution >= 4 is 0 Å². The van der Waals surface area contributed by atoms with Crippen LogP contribution >= 0.6 is 0 Å². The molecule has 1 heteroatoms. The Morgan fingerprint density at radius 1 is 0.857 bits per heavy atom. The van der Waals surface area contributed by atoms with Gasteiger partial charge in [0.25, 0.3) is 0 Å². The third kappa shape index (κ3) is 3.52. The lowest BCUT2D eigenvalue weighted by Gasteiger charge is -2.22. The van der Waals surface area contributed by atoms with Crippen molar-refractivity contribution in [1.29, 1.82) is 0 Å². The van der Waals surface area contributed by atoms with Crippen molar-refractivity contribution in [2.45, 2.75) is 38.0 Å². The van der Waals surface area contributed by atoms with Crippen molar-refractivity contribution in [2.75, 3.05) is 0 Å². The van der Waals surface area contributed by atoms with Gasteiger partial charge >= 0.3 is 0 Å². The first-order valence-corrected chi connectivity index (χ1v) is 7.69. The molecule has 1 fully saturated rings. The lowest BCUT2D eigenvalue weighted by Crippen LogP contribution is -2.05. The molecule has 0 aliphatic heterocycles. The Hall–Kier alpha value is -2.07. The van der Waals surface area contributed by atoms with Crippen LogP contribution in [0.2, 0.25) is 0 Å². The summed E-state index contributed by atoms with van der Waals surface area (Å²) in [5.41, 5.74) is 2.53. The topological polar surface area (TPSA) is 0 Å². The summed E-state index contributed by atoms with van der Waals surface area (Å²) in [5, 5.41) is 0. The first-order chi connectivity index (χ1) is 10.3. The molecule has 0 atom stereocenters. The van der Waals surface area contributed by atoms with Crippen LogP contribution in [0, 0.1) is 17.7 Å².